The number of rotatable bonds is 8. The number of nitrogens with one attached hydrogen (secondary N) is 1. The highest BCUT2D eigenvalue weighted by Gasteiger charge is 2.10. The number of carbonyl (C=O) groups excluding carboxylic acids is 1. The molecule has 6 nitrogen and oxygen atoms in total. The van der Waals surface area contributed by atoms with Gasteiger partial charge in [0.15, 0.2) is 18.1 Å². The van der Waals surface area contributed by atoms with Gasteiger partial charge in [0.1, 0.15) is 0 Å². The van der Waals surface area contributed by atoms with Crippen LogP contribution in [-0.4, -0.2) is 32.4 Å². The standard InChI is InChI=1S/C17H16F2N2O4/c1-23-15-9-12(7-8-14(15)25-17(18)19)10-20-24-11-16(22)21-13-5-3-2-4-6-13/h2-10,17H,11H2,1H3,(H,21,22)/b20-10+. The van der Waals surface area contributed by atoms with Crippen LogP contribution in [0.1, 0.15) is 5.56 Å². The van der Waals surface area contributed by atoms with Crippen molar-refractivity contribution in [2.75, 3.05) is 19.0 Å². The van der Waals surface area contributed by atoms with Crippen molar-refractivity contribution in [1.82, 2.24) is 0 Å². The lowest BCUT2D eigenvalue weighted by atomic mass is 10.2. The van der Waals surface area contributed by atoms with Gasteiger partial charge in [-0.3, -0.25) is 4.79 Å². The Kier molecular flexibility index (Phi) is 6.70. The molecule has 0 aliphatic carbocycles. The molecule has 132 valence electrons. The number of anilines is 1. The second-order valence-corrected chi connectivity index (χ2v) is 4.71. The molecule has 25 heavy (non-hydrogen) atoms. The lowest BCUT2D eigenvalue weighted by Crippen LogP contribution is -2.16. The number of methoxy groups -OCH3 is 1. The normalized spacial score (nSPS) is 10.7. The molecule has 1 N–H and O–H groups in total. The van der Waals surface area contributed by atoms with Gasteiger partial charge in [-0.1, -0.05) is 23.4 Å². The first-order chi connectivity index (χ1) is 12.1. The van der Waals surface area contributed by atoms with Crippen molar-refractivity contribution in [3.63, 3.8) is 0 Å². The molecule has 0 spiro atoms. The summed E-state index contributed by atoms with van der Waals surface area (Å²) in [5, 5.41) is 6.30. The first-order valence-corrected chi connectivity index (χ1v) is 7.21. The predicted octanol–water partition coefficient (Wildman–Crippen LogP) is 3.29. The molecule has 0 fully saturated rings. The molecule has 0 aromatic heterocycles. The fraction of sp³-hybridized carbons (Fsp3) is 0.176. The summed E-state index contributed by atoms with van der Waals surface area (Å²) in [6.45, 7) is -3.21. The van der Waals surface area contributed by atoms with Crippen molar-refractivity contribution in [2.45, 2.75) is 6.61 Å². The third-order valence-electron chi connectivity index (χ3n) is 2.93. The van der Waals surface area contributed by atoms with Gasteiger partial charge in [0.25, 0.3) is 5.91 Å². The number of halogens is 2. The summed E-state index contributed by atoms with van der Waals surface area (Å²) < 4.78 is 33.8. The maximum Gasteiger partial charge on any atom is 0.387 e. The maximum atomic E-state index is 12.3. The molecule has 0 saturated heterocycles. The number of benzene rings is 2. The van der Waals surface area contributed by atoms with Crippen LogP contribution in [0.2, 0.25) is 0 Å². The fourth-order valence-corrected chi connectivity index (χ4v) is 1.87. The summed E-state index contributed by atoms with van der Waals surface area (Å²) in [6.07, 6.45) is 1.32. The van der Waals surface area contributed by atoms with E-state index < -0.39 is 6.61 Å². The lowest BCUT2D eigenvalue weighted by Gasteiger charge is -2.09. The number of nitrogens with zero attached hydrogens (tertiary/aromatic N) is 1. The molecule has 2 aromatic carbocycles. The minimum atomic E-state index is -2.94. The zero-order valence-electron chi connectivity index (χ0n) is 13.3. The van der Waals surface area contributed by atoms with Crippen molar-refractivity contribution in [3.05, 3.63) is 54.1 Å². The SMILES string of the molecule is COc1cc(/C=N/OCC(=O)Nc2ccccc2)ccc1OC(F)F. The van der Waals surface area contributed by atoms with E-state index in [1.807, 2.05) is 6.07 Å². The van der Waals surface area contributed by atoms with Crippen molar-refractivity contribution >= 4 is 17.8 Å². The van der Waals surface area contributed by atoms with Gasteiger partial charge in [-0.15, -0.1) is 0 Å². The monoisotopic (exact) mass is 350 g/mol. The van der Waals surface area contributed by atoms with Gasteiger partial charge in [-0.05, 0) is 30.3 Å². The molecule has 0 aliphatic heterocycles. The zero-order chi connectivity index (χ0) is 18.1. The molecule has 8 heteroatoms. The number of oxime groups is 1. The minimum Gasteiger partial charge on any atom is -0.493 e. The highest BCUT2D eigenvalue weighted by atomic mass is 19.3. The third-order valence-corrected chi connectivity index (χ3v) is 2.93. The zero-order valence-corrected chi connectivity index (χ0v) is 13.3. The Morgan fingerprint density at radius 1 is 1.20 bits per heavy atom. The second-order valence-electron chi connectivity index (χ2n) is 4.71. The maximum absolute atomic E-state index is 12.3. The van der Waals surface area contributed by atoms with Crippen LogP contribution in [0.3, 0.4) is 0 Å². The van der Waals surface area contributed by atoms with Crippen LogP contribution in [0.4, 0.5) is 14.5 Å². The highest BCUT2D eigenvalue weighted by molar-refractivity contribution is 5.91. The van der Waals surface area contributed by atoms with Crippen LogP contribution in [0, 0.1) is 0 Å². The molecular formula is C17H16F2N2O4. The second kappa shape index (κ2) is 9.21. The minimum absolute atomic E-state index is 0.0854. The van der Waals surface area contributed by atoms with Gasteiger partial charge in [0, 0.05) is 11.3 Å². The molecule has 0 unspecified atom stereocenters. The molecule has 0 heterocycles. The Hall–Kier alpha value is -3.16. The highest BCUT2D eigenvalue weighted by Crippen LogP contribution is 2.28. The van der Waals surface area contributed by atoms with Crippen molar-refractivity contribution < 1.29 is 27.9 Å². The largest absolute Gasteiger partial charge is 0.493 e. The molecule has 2 aromatic rings. The van der Waals surface area contributed by atoms with Crippen molar-refractivity contribution in [1.29, 1.82) is 0 Å². The van der Waals surface area contributed by atoms with E-state index in [-0.39, 0.29) is 24.0 Å². The number of para-hydroxylation sites is 1. The first kappa shape index (κ1) is 18.2. The van der Waals surface area contributed by atoms with E-state index >= 15 is 0 Å². The Bertz CT molecular complexity index is 724. The molecule has 0 aliphatic rings. The molecule has 0 radical (unpaired) electrons. The Morgan fingerprint density at radius 2 is 1.96 bits per heavy atom. The number of hydrogen-bond donors (Lipinski definition) is 1. The summed E-state index contributed by atoms with van der Waals surface area (Å²) >= 11 is 0. The van der Waals surface area contributed by atoms with Gasteiger partial charge in [0.05, 0.1) is 13.3 Å². The van der Waals surface area contributed by atoms with Gasteiger partial charge >= 0.3 is 6.61 Å². The van der Waals surface area contributed by atoms with Gasteiger partial charge in [0.2, 0.25) is 0 Å². The molecule has 0 bridgehead atoms. The smallest absolute Gasteiger partial charge is 0.387 e. The first-order valence-electron chi connectivity index (χ1n) is 7.21. The van der Waals surface area contributed by atoms with Crippen LogP contribution in [-0.2, 0) is 9.63 Å². The number of alkyl halides is 2. The van der Waals surface area contributed by atoms with Crippen LogP contribution in [0.15, 0.2) is 53.7 Å². The Balaban J connectivity index is 1.86. The van der Waals surface area contributed by atoms with E-state index in [1.165, 1.54) is 31.5 Å². The summed E-state index contributed by atoms with van der Waals surface area (Å²) in [4.78, 5) is 16.6. The average Bonchev–Trinajstić information content (AvgIpc) is 2.60. The topological polar surface area (TPSA) is 69.2 Å². The van der Waals surface area contributed by atoms with E-state index in [0.717, 1.165) is 0 Å². The van der Waals surface area contributed by atoms with Crippen LogP contribution >= 0.6 is 0 Å². The quantitative estimate of drug-likeness (QED) is 0.586. The van der Waals surface area contributed by atoms with Gasteiger partial charge < -0.3 is 19.6 Å². The van der Waals surface area contributed by atoms with E-state index in [0.29, 0.717) is 11.3 Å². The summed E-state index contributed by atoms with van der Waals surface area (Å²) in [6, 6.07) is 13.2. The molecule has 1 amide bonds. The van der Waals surface area contributed by atoms with E-state index in [2.05, 4.69) is 15.2 Å². The van der Waals surface area contributed by atoms with E-state index in [9.17, 15) is 13.6 Å². The van der Waals surface area contributed by atoms with Crippen LogP contribution < -0.4 is 14.8 Å². The summed E-state index contributed by atoms with van der Waals surface area (Å²) in [5.74, 6) is -0.314. The number of hydrogen-bond acceptors (Lipinski definition) is 5. The van der Waals surface area contributed by atoms with Crippen molar-refractivity contribution in [2.24, 2.45) is 5.16 Å². The lowest BCUT2D eigenvalue weighted by molar-refractivity contribution is -0.120. The molecule has 2 rings (SSSR count). The predicted molar refractivity (Wildman–Crippen MR) is 88.2 cm³/mol. The summed E-state index contributed by atoms with van der Waals surface area (Å²) in [7, 11) is 1.33. The number of amides is 1. The molecule has 0 saturated carbocycles. The fourth-order valence-electron chi connectivity index (χ4n) is 1.87. The molecule has 0 atom stereocenters. The van der Waals surface area contributed by atoms with Crippen LogP contribution in [0.25, 0.3) is 0 Å². The third kappa shape index (κ3) is 6.09. The van der Waals surface area contributed by atoms with Gasteiger partial charge in [-0.2, -0.15) is 8.78 Å². The van der Waals surface area contributed by atoms with E-state index in [1.54, 1.807) is 24.3 Å². The Labute approximate surface area is 143 Å². The van der Waals surface area contributed by atoms with Gasteiger partial charge in [-0.25, -0.2) is 0 Å². The van der Waals surface area contributed by atoms with Crippen LogP contribution in [0.5, 0.6) is 11.5 Å². The van der Waals surface area contributed by atoms with Crippen molar-refractivity contribution in [3.8, 4) is 11.5 Å². The number of carbonyl (C=O) groups is 1. The van der Waals surface area contributed by atoms with E-state index in [4.69, 9.17) is 9.57 Å². The molecular weight excluding hydrogens is 334 g/mol. The summed E-state index contributed by atoms with van der Waals surface area (Å²) in [5.41, 5.74) is 1.18. The number of ether oxygens (including phenoxy) is 2. The average molecular weight is 350 g/mol. The Morgan fingerprint density at radius 3 is 2.64 bits per heavy atom.